The summed E-state index contributed by atoms with van der Waals surface area (Å²) in [4.78, 5) is 25.3. The number of ether oxygens (including phenoxy) is 1. The predicted octanol–water partition coefficient (Wildman–Crippen LogP) is 1.32. The Morgan fingerprint density at radius 1 is 1.23 bits per heavy atom. The molecule has 0 radical (unpaired) electrons. The highest BCUT2D eigenvalue weighted by Gasteiger charge is 2.37. The van der Waals surface area contributed by atoms with E-state index in [1.54, 1.807) is 30.7 Å². The molecule has 1 aromatic heterocycles. The van der Waals surface area contributed by atoms with Gasteiger partial charge in [0.2, 0.25) is 0 Å². The molecule has 8 nitrogen and oxygen atoms in total. The second kappa shape index (κ2) is 9.40. The minimum absolute atomic E-state index is 0.183. The lowest BCUT2D eigenvalue weighted by atomic mass is 10.0. The first-order valence-corrected chi connectivity index (χ1v) is 10.6. The van der Waals surface area contributed by atoms with Gasteiger partial charge in [0.1, 0.15) is 23.8 Å². The third-order valence-electron chi connectivity index (χ3n) is 5.75. The summed E-state index contributed by atoms with van der Waals surface area (Å²) >= 11 is 0. The lowest BCUT2D eigenvalue weighted by molar-refractivity contribution is 0.0575. The van der Waals surface area contributed by atoms with Crippen molar-refractivity contribution < 1.29 is 14.6 Å². The summed E-state index contributed by atoms with van der Waals surface area (Å²) in [6.07, 6.45) is 8.02. The summed E-state index contributed by atoms with van der Waals surface area (Å²) in [5, 5.41) is 13.7. The molecule has 0 bridgehead atoms. The summed E-state index contributed by atoms with van der Waals surface area (Å²) in [6.45, 7) is 5.07. The Balaban J connectivity index is 1.26. The average molecular weight is 412 g/mol. The van der Waals surface area contributed by atoms with E-state index in [9.17, 15) is 9.90 Å². The Morgan fingerprint density at radius 3 is 2.90 bits per heavy atom. The van der Waals surface area contributed by atoms with E-state index in [4.69, 9.17) is 4.74 Å². The largest absolute Gasteiger partial charge is 0.492 e. The SMILES string of the molecule is O=C(NCC1(O)CCN(c2cnccn2)C1)c1cccc(OCCN2CCCC2)c1. The van der Waals surface area contributed by atoms with Gasteiger partial charge in [0, 0.05) is 44.1 Å². The van der Waals surface area contributed by atoms with Crippen molar-refractivity contribution in [3.63, 3.8) is 0 Å². The van der Waals surface area contributed by atoms with Crippen molar-refractivity contribution in [2.45, 2.75) is 24.9 Å². The van der Waals surface area contributed by atoms with Gasteiger partial charge in [-0.1, -0.05) is 6.07 Å². The molecule has 0 spiro atoms. The fourth-order valence-electron chi connectivity index (χ4n) is 4.02. The molecule has 2 aliphatic rings. The van der Waals surface area contributed by atoms with Crippen molar-refractivity contribution in [1.82, 2.24) is 20.2 Å². The first-order valence-electron chi connectivity index (χ1n) is 10.6. The number of amides is 1. The maximum Gasteiger partial charge on any atom is 0.251 e. The maximum atomic E-state index is 12.6. The van der Waals surface area contributed by atoms with Crippen molar-refractivity contribution >= 4 is 11.7 Å². The van der Waals surface area contributed by atoms with Gasteiger partial charge < -0.3 is 20.1 Å². The zero-order chi connectivity index (χ0) is 20.8. The van der Waals surface area contributed by atoms with E-state index >= 15 is 0 Å². The molecule has 2 fully saturated rings. The molecule has 1 atom stereocenters. The Bertz CT molecular complexity index is 844. The zero-order valence-electron chi connectivity index (χ0n) is 17.2. The van der Waals surface area contributed by atoms with Crippen LogP contribution < -0.4 is 15.0 Å². The second-order valence-corrected chi connectivity index (χ2v) is 8.07. The van der Waals surface area contributed by atoms with E-state index in [2.05, 4.69) is 20.2 Å². The molecule has 1 aromatic carbocycles. The van der Waals surface area contributed by atoms with E-state index in [-0.39, 0.29) is 12.5 Å². The number of rotatable bonds is 8. The molecular formula is C22H29N5O3. The number of anilines is 1. The van der Waals surface area contributed by atoms with Crippen LogP contribution in [-0.2, 0) is 0 Å². The Morgan fingerprint density at radius 2 is 2.10 bits per heavy atom. The van der Waals surface area contributed by atoms with Gasteiger partial charge >= 0.3 is 0 Å². The summed E-state index contributed by atoms with van der Waals surface area (Å²) in [7, 11) is 0. The minimum Gasteiger partial charge on any atom is -0.492 e. The van der Waals surface area contributed by atoms with Crippen LogP contribution >= 0.6 is 0 Å². The first kappa shape index (κ1) is 20.6. The van der Waals surface area contributed by atoms with Crippen LogP contribution in [0, 0.1) is 0 Å². The number of nitrogens with one attached hydrogen (secondary N) is 1. The fourth-order valence-corrected chi connectivity index (χ4v) is 4.02. The molecule has 4 rings (SSSR count). The van der Waals surface area contributed by atoms with Gasteiger partial charge in [-0.25, -0.2) is 4.98 Å². The van der Waals surface area contributed by atoms with Gasteiger partial charge in [-0.2, -0.15) is 0 Å². The second-order valence-electron chi connectivity index (χ2n) is 8.07. The van der Waals surface area contributed by atoms with Crippen LogP contribution in [0.2, 0.25) is 0 Å². The van der Waals surface area contributed by atoms with E-state index in [0.717, 1.165) is 25.5 Å². The highest BCUT2D eigenvalue weighted by Crippen LogP contribution is 2.24. The van der Waals surface area contributed by atoms with Gasteiger partial charge in [-0.3, -0.25) is 14.7 Å². The fraction of sp³-hybridized carbons (Fsp3) is 0.500. The van der Waals surface area contributed by atoms with E-state index in [0.29, 0.717) is 37.4 Å². The third-order valence-corrected chi connectivity index (χ3v) is 5.75. The van der Waals surface area contributed by atoms with Crippen molar-refractivity contribution in [2.75, 3.05) is 50.8 Å². The molecule has 3 heterocycles. The van der Waals surface area contributed by atoms with Gasteiger partial charge in [0.25, 0.3) is 5.91 Å². The Kier molecular flexibility index (Phi) is 6.44. The average Bonchev–Trinajstić information content (AvgIpc) is 3.43. The summed E-state index contributed by atoms with van der Waals surface area (Å²) < 4.78 is 5.83. The number of β-amino-alcohol motifs (C(OH)–C–C–N with tert-alkyl or cyclic N) is 1. The Labute approximate surface area is 176 Å². The van der Waals surface area contributed by atoms with Crippen LogP contribution in [0.25, 0.3) is 0 Å². The van der Waals surface area contributed by atoms with Gasteiger partial charge in [-0.05, 0) is 50.6 Å². The van der Waals surface area contributed by atoms with Crippen LogP contribution in [-0.4, -0.2) is 77.4 Å². The molecule has 0 aliphatic carbocycles. The van der Waals surface area contributed by atoms with Gasteiger partial charge in [-0.15, -0.1) is 0 Å². The molecule has 2 saturated heterocycles. The van der Waals surface area contributed by atoms with Gasteiger partial charge in [0.05, 0.1) is 6.20 Å². The smallest absolute Gasteiger partial charge is 0.251 e. The molecule has 8 heteroatoms. The highest BCUT2D eigenvalue weighted by molar-refractivity contribution is 5.94. The molecule has 0 saturated carbocycles. The van der Waals surface area contributed by atoms with E-state index < -0.39 is 5.60 Å². The van der Waals surface area contributed by atoms with Crippen molar-refractivity contribution in [1.29, 1.82) is 0 Å². The Hall–Kier alpha value is -2.71. The zero-order valence-corrected chi connectivity index (χ0v) is 17.2. The number of carbonyl (C=O) groups is 1. The maximum absolute atomic E-state index is 12.6. The summed E-state index contributed by atoms with van der Waals surface area (Å²) in [6, 6.07) is 7.20. The van der Waals surface area contributed by atoms with Crippen LogP contribution in [0.1, 0.15) is 29.6 Å². The molecule has 30 heavy (non-hydrogen) atoms. The molecule has 2 aliphatic heterocycles. The summed E-state index contributed by atoms with van der Waals surface area (Å²) in [5.74, 6) is 1.21. The number of likely N-dealkylation sites (tertiary alicyclic amines) is 1. The lowest BCUT2D eigenvalue weighted by Crippen LogP contribution is -2.45. The monoisotopic (exact) mass is 411 g/mol. The molecule has 2 aromatic rings. The molecule has 1 amide bonds. The predicted molar refractivity (Wildman–Crippen MR) is 114 cm³/mol. The highest BCUT2D eigenvalue weighted by atomic mass is 16.5. The number of benzene rings is 1. The first-order chi connectivity index (χ1) is 14.6. The number of nitrogens with zero attached hydrogens (tertiary/aromatic N) is 4. The number of aliphatic hydroxyl groups is 1. The van der Waals surface area contributed by atoms with Crippen LogP contribution in [0.3, 0.4) is 0 Å². The lowest BCUT2D eigenvalue weighted by Gasteiger charge is -2.24. The van der Waals surface area contributed by atoms with Crippen molar-refractivity contribution in [3.8, 4) is 5.75 Å². The van der Waals surface area contributed by atoms with Crippen LogP contribution in [0.5, 0.6) is 5.75 Å². The molecule has 2 N–H and O–H groups in total. The van der Waals surface area contributed by atoms with Crippen molar-refractivity contribution in [2.24, 2.45) is 0 Å². The van der Waals surface area contributed by atoms with Crippen molar-refractivity contribution in [3.05, 3.63) is 48.4 Å². The topological polar surface area (TPSA) is 90.8 Å². The van der Waals surface area contributed by atoms with Crippen LogP contribution in [0.4, 0.5) is 5.82 Å². The summed E-state index contributed by atoms with van der Waals surface area (Å²) in [5.41, 5.74) is -0.460. The normalized spacial score (nSPS) is 21.7. The number of hydrogen-bond donors (Lipinski definition) is 2. The number of aromatic nitrogens is 2. The standard InChI is InChI=1S/C22H29N5O3/c28-21(18-4-3-5-19(14-18)30-13-12-26-9-1-2-10-26)25-16-22(29)6-11-27(17-22)20-15-23-7-8-24-20/h3-5,7-8,14-15,29H,1-2,6,9-13,16-17H2,(H,25,28). The molecule has 160 valence electrons. The minimum atomic E-state index is -0.989. The third kappa shape index (κ3) is 5.25. The van der Waals surface area contributed by atoms with Gasteiger partial charge in [0.15, 0.2) is 0 Å². The number of hydrogen-bond acceptors (Lipinski definition) is 7. The van der Waals surface area contributed by atoms with E-state index in [1.165, 1.54) is 12.8 Å². The molecular weight excluding hydrogens is 382 g/mol. The van der Waals surface area contributed by atoms with Crippen LogP contribution in [0.15, 0.2) is 42.9 Å². The molecule has 1 unspecified atom stereocenters. The number of carbonyl (C=O) groups excluding carboxylic acids is 1. The quantitative estimate of drug-likeness (QED) is 0.677. The van der Waals surface area contributed by atoms with E-state index in [1.807, 2.05) is 17.0 Å².